The maximum atomic E-state index is 12.2. The lowest BCUT2D eigenvalue weighted by atomic mass is 9.83. The number of anilines is 3. The summed E-state index contributed by atoms with van der Waals surface area (Å²) in [7, 11) is 1.37. The quantitative estimate of drug-likeness (QED) is 0.0389. The molecule has 1 aromatic heterocycles. The van der Waals surface area contributed by atoms with E-state index in [0.717, 1.165) is 38.6 Å². The molecule has 0 unspecified atom stereocenters. The molecule has 0 aliphatic carbocycles. The molecule has 1 heterocycles. The van der Waals surface area contributed by atoms with Crippen LogP contribution in [0.15, 0.2) is 158 Å². The average molecular weight is 903 g/mol. The third-order valence-corrected chi connectivity index (χ3v) is 12.4. The monoisotopic (exact) mass is 902 g/mol. The van der Waals surface area contributed by atoms with Crippen molar-refractivity contribution in [3.05, 3.63) is 158 Å². The molecule has 9 aromatic carbocycles. The van der Waals surface area contributed by atoms with Gasteiger partial charge in [0.25, 0.3) is 0 Å². The first-order valence-electron chi connectivity index (χ1n) is 21.2. The van der Waals surface area contributed by atoms with Crippen molar-refractivity contribution >= 4 is 52.2 Å². The topological polar surface area (TPSA) is 231 Å². The third kappa shape index (κ3) is 6.34. The van der Waals surface area contributed by atoms with Crippen molar-refractivity contribution in [1.29, 1.82) is 0 Å². The van der Waals surface area contributed by atoms with E-state index >= 15 is 0 Å². The molecule has 0 radical (unpaired) electrons. The highest BCUT2D eigenvalue weighted by molar-refractivity contribution is 6.39. The van der Waals surface area contributed by atoms with Gasteiger partial charge in [0.1, 0.15) is 30.7 Å². The Labute approximate surface area is 387 Å². The predicted molar refractivity (Wildman–Crippen MR) is 264 cm³/mol. The van der Waals surface area contributed by atoms with Crippen LogP contribution in [0.2, 0.25) is 0 Å². The van der Waals surface area contributed by atoms with Crippen molar-refractivity contribution in [2.75, 3.05) is 4.90 Å². The predicted octanol–water partition coefficient (Wildman–Crippen LogP) is 9.94. The molecule has 10 rings (SSSR count). The van der Waals surface area contributed by atoms with Crippen LogP contribution in [0.3, 0.4) is 0 Å². The number of phenolic OH excluding ortho intramolecular Hbond substituents is 11. The van der Waals surface area contributed by atoms with Crippen LogP contribution in [0, 0.1) is 0 Å². The third-order valence-electron chi connectivity index (χ3n) is 12.4. The van der Waals surface area contributed by atoms with Gasteiger partial charge in [-0.2, -0.15) is 0 Å². The Balaban J connectivity index is 1.16. The van der Waals surface area contributed by atoms with Crippen LogP contribution in [0.4, 0.5) is 17.1 Å². The van der Waals surface area contributed by atoms with Gasteiger partial charge in [-0.3, -0.25) is 4.90 Å². The van der Waals surface area contributed by atoms with Gasteiger partial charge in [-0.05, 0) is 45.9 Å². The van der Waals surface area contributed by atoms with Crippen LogP contribution in [-0.2, 0) is 0 Å². The summed E-state index contributed by atoms with van der Waals surface area (Å²) in [5.41, 5.74) is 0.920. The average Bonchev–Trinajstić information content (AvgIpc) is 3.70. The van der Waals surface area contributed by atoms with E-state index in [1.54, 1.807) is 60.7 Å². The SMILES string of the molecule is Bc1c(O)c(N(c2c(O)c(O)c(-c3ccccc3)c(O)c2O)c2c(O)c(O)c(-c3ccccc3)c(O)c2O)c(O)c(O)c1-c1ccc(-c2ccccc2-n2c3ccccc3c3ccccc32)cc1. The molecule has 0 fully saturated rings. The standard InChI is InChI=1S/C54H39BN2O11/c55-40-37(30-25-23-27(24-26-30)31-17-7-10-20-34(31)56-35-21-11-8-18-32(35)33-19-9-12-22-36(33)56)44(58)50(64)41(49(40)63)57(42-51(65)45(59)38(46(60)52(42)66)28-13-3-1-4-14-28)43-53(67)47(61)39(48(62)54(43)68)29-15-5-2-6-16-29/h1-26,58-68H,55H2. The summed E-state index contributed by atoms with van der Waals surface area (Å²) in [6.07, 6.45) is 0. The number of hydrogen-bond acceptors (Lipinski definition) is 12. The van der Waals surface area contributed by atoms with Gasteiger partial charge in [-0.15, -0.1) is 0 Å². The summed E-state index contributed by atoms with van der Waals surface area (Å²) in [4.78, 5) is 0.383. The summed E-state index contributed by atoms with van der Waals surface area (Å²) < 4.78 is 2.19. The van der Waals surface area contributed by atoms with Crippen LogP contribution in [-0.4, -0.2) is 68.6 Å². The van der Waals surface area contributed by atoms with Crippen LogP contribution in [0.1, 0.15) is 0 Å². The largest absolute Gasteiger partial charge is 0.506 e. The van der Waals surface area contributed by atoms with Crippen LogP contribution >= 0.6 is 0 Å². The Kier molecular flexibility index (Phi) is 10.1. The fourth-order valence-corrected chi connectivity index (χ4v) is 9.18. The normalized spacial score (nSPS) is 11.4. The van der Waals surface area contributed by atoms with Crippen LogP contribution in [0.5, 0.6) is 63.2 Å². The Morgan fingerprint density at radius 2 is 0.647 bits per heavy atom. The lowest BCUT2D eigenvalue weighted by molar-refractivity contribution is 0.371. The van der Waals surface area contributed by atoms with Crippen LogP contribution < -0.4 is 10.4 Å². The van der Waals surface area contributed by atoms with E-state index in [-0.39, 0.29) is 22.2 Å². The van der Waals surface area contributed by atoms with Gasteiger partial charge >= 0.3 is 0 Å². The van der Waals surface area contributed by atoms with Gasteiger partial charge in [0, 0.05) is 21.9 Å². The molecule has 334 valence electrons. The van der Waals surface area contributed by atoms with Gasteiger partial charge in [-0.25, -0.2) is 0 Å². The van der Waals surface area contributed by atoms with Crippen molar-refractivity contribution in [2.45, 2.75) is 0 Å². The van der Waals surface area contributed by atoms with Crippen molar-refractivity contribution in [3.8, 4) is 113 Å². The van der Waals surface area contributed by atoms with Gasteiger partial charge < -0.3 is 60.7 Å². The van der Waals surface area contributed by atoms with E-state index in [1.165, 1.54) is 32.1 Å². The van der Waals surface area contributed by atoms with E-state index in [1.807, 2.05) is 48.5 Å². The fraction of sp³-hybridized carbons (Fsp3) is 0. The van der Waals surface area contributed by atoms with Gasteiger partial charge in [0.05, 0.1) is 27.8 Å². The molecule has 11 N–H and O–H groups in total. The maximum absolute atomic E-state index is 12.2. The number of para-hydroxylation sites is 3. The van der Waals surface area contributed by atoms with Crippen molar-refractivity contribution < 1.29 is 56.2 Å². The lowest BCUT2D eigenvalue weighted by Gasteiger charge is -2.32. The van der Waals surface area contributed by atoms with E-state index in [0.29, 0.717) is 10.5 Å². The molecule has 0 spiro atoms. The summed E-state index contributed by atoms with van der Waals surface area (Å²) in [5, 5.41) is 131. The van der Waals surface area contributed by atoms with Gasteiger partial charge in [-0.1, -0.05) is 140 Å². The second-order valence-electron chi connectivity index (χ2n) is 16.2. The Morgan fingerprint density at radius 1 is 0.309 bits per heavy atom. The van der Waals surface area contributed by atoms with E-state index in [9.17, 15) is 56.2 Å². The number of phenols is 11. The molecule has 13 nitrogen and oxygen atoms in total. The number of fused-ring (bicyclic) bond motifs is 3. The number of aromatic nitrogens is 1. The molecule has 68 heavy (non-hydrogen) atoms. The lowest BCUT2D eigenvalue weighted by Crippen LogP contribution is -2.17. The molecule has 0 atom stereocenters. The van der Waals surface area contributed by atoms with E-state index in [4.69, 9.17) is 0 Å². The summed E-state index contributed by atoms with van der Waals surface area (Å²) in [6.45, 7) is 0. The summed E-state index contributed by atoms with van der Waals surface area (Å²) in [6, 6.07) is 46.4. The smallest absolute Gasteiger partial charge is 0.186 e. The summed E-state index contributed by atoms with van der Waals surface area (Å²) in [5.74, 6) is -12.0. The van der Waals surface area contributed by atoms with Crippen LogP contribution in [0.25, 0.3) is 72.0 Å². The minimum atomic E-state index is -1.24. The first-order valence-corrected chi connectivity index (χ1v) is 21.2. The van der Waals surface area contributed by atoms with E-state index in [2.05, 4.69) is 28.8 Å². The first-order chi connectivity index (χ1) is 32.8. The Hall–Kier alpha value is -9.56. The zero-order valence-electron chi connectivity index (χ0n) is 35.8. The Morgan fingerprint density at radius 3 is 1.10 bits per heavy atom. The molecule has 0 saturated heterocycles. The molecular formula is C54H39BN2O11. The molecule has 0 aliphatic heterocycles. The molecular weight excluding hydrogens is 863 g/mol. The molecule has 0 saturated carbocycles. The summed E-state index contributed by atoms with van der Waals surface area (Å²) >= 11 is 0. The number of rotatable bonds is 8. The first kappa shape index (κ1) is 42.4. The highest BCUT2D eigenvalue weighted by atomic mass is 16.3. The maximum Gasteiger partial charge on any atom is 0.186 e. The number of hydrogen-bond donors (Lipinski definition) is 11. The van der Waals surface area contributed by atoms with Gasteiger partial charge in [0.15, 0.2) is 57.5 Å². The molecule has 14 heteroatoms. The van der Waals surface area contributed by atoms with E-state index < -0.39 is 91.4 Å². The van der Waals surface area contributed by atoms with Crippen molar-refractivity contribution in [3.63, 3.8) is 0 Å². The second kappa shape index (κ2) is 16.2. The van der Waals surface area contributed by atoms with Crippen molar-refractivity contribution in [2.24, 2.45) is 0 Å². The highest BCUT2D eigenvalue weighted by Gasteiger charge is 2.39. The molecule has 10 aromatic rings. The fourth-order valence-electron chi connectivity index (χ4n) is 9.18. The number of nitrogens with zero attached hydrogens (tertiary/aromatic N) is 2. The molecule has 0 aliphatic rings. The zero-order valence-corrected chi connectivity index (χ0v) is 35.8. The van der Waals surface area contributed by atoms with Gasteiger partial charge in [0.2, 0.25) is 0 Å². The Bertz CT molecular complexity index is 3410. The molecule has 0 bridgehead atoms. The minimum absolute atomic E-state index is 0.0805. The minimum Gasteiger partial charge on any atom is -0.506 e. The highest BCUT2D eigenvalue weighted by Crippen LogP contribution is 2.66. The number of aromatic hydroxyl groups is 11. The molecule has 0 amide bonds. The second-order valence-corrected chi connectivity index (χ2v) is 16.2. The van der Waals surface area contributed by atoms with Crippen molar-refractivity contribution in [1.82, 2.24) is 4.57 Å². The number of benzene rings is 9. The zero-order chi connectivity index (χ0) is 47.7.